The van der Waals surface area contributed by atoms with E-state index in [0.29, 0.717) is 12.4 Å². The summed E-state index contributed by atoms with van der Waals surface area (Å²) in [6, 6.07) is 12.2. The predicted octanol–water partition coefficient (Wildman–Crippen LogP) is 4.76. The van der Waals surface area contributed by atoms with Crippen LogP contribution in [0, 0.1) is 13.8 Å². The van der Waals surface area contributed by atoms with Gasteiger partial charge in [-0.05, 0) is 74.9 Å². The second-order valence-electron chi connectivity index (χ2n) is 7.74. The highest BCUT2D eigenvalue weighted by Crippen LogP contribution is 2.33. The molecule has 1 aliphatic carbocycles. The van der Waals surface area contributed by atoms with Crippen LogP contribution in [0.25, 0.3) is 5.69 Å². The maximum absolute atomic E-state index is 9.91. The highest BCUT2D eigenvalue weighted by molar-refractivity contribution is 5.46. The second kappa shape index (κ2) is 8.29. The van der Waals surface area contributed by atoms with Gasteiger partial charge in [0.25, 0.3) is 0 Å². The average Bonchev–Trinajstić information content (AvgIpc) is 3.15. The monoisotopic (exact) mass is 391 g/mol. The van der Waals surface area contributed by atoms with Crippen LogP contribution >= 0.6 is 0 Å². The lowest BCUT2D eigenvalue weighted by Gasteiger charge is -2.25. The molecule has 2 N–H and O–H groups in total. The predicted molar refractivity (Wildman–Crippen MR) is 115 cm³/mol. The van der Waals surface area contributed by atoms with Crippen LogP contribution in [0.15, 0.2) is 42.6 Å². The fourth-order valence-corrected chi connectivity index (χ4v) is 4.12. The van der Waals surface area contributed by atoms with Crippen molar-refractivity contribution in [3.63, 3.8) is 0 Å². The first kappa shape index (κ1) is 19.5. The number of hydrogen-bond donors (Lipinski definition) is 2. The molecule has 0 amide bonds. The summed E-state index contributed by atoms with van der Waals surface area (Å²) in [6.45, 7) is 7.49. The second-order valence-corrected chi connectivity index (χ2v) is 7.74. The van der Waals surface area contributed by atoms with E-state index >= 15 is 0 Å². The molecule has 1 unspecified atom stereocenters. The van der Waals surface area contributed by atoms with Crippen molar-refractivity contribution in [1.29, 1.82) is 0 Å². The molecular weight excluding hydrogens is 362 g/mol. The van der Waals surface area contributed by atoms with Crippen LogP contribution in [-0.2, 0) is 13.0 Å². The third-order valence-electron chi connectivity index (χ3n) is 5.86. The quantitative estimate of drug-likeness (QED) is 0.636. The molecule has 3 aromatic rings. The third kappa shape index (κ3) is 3.87. The molecule has 0 spiro atoms. The lowest BCUT2D eigenvalue weighted by Crippen LogP contribution is -2.25. The molecule has 0 fully saturated rings. The van der Waals surface area contributed by atoms with Gasteiger partial charge < -0.3 is 15.2 Å². The first-order valence-corrected chi connectivity index (χ1v) is 10.4. The van der Waals surface area contributed by atoms with Gasteiger partial charge in [-0.15, -0.1) is 0 Å². The molecule has 0 bridgehead atoms. The maximum Gasteiger partial charge on any atom is 0.161 e. The fourth-order valence-electron chi connectivity index (χ4n) is 4.12. The highest BCUT2D eigenvalue weighted by Gasteiger charge is 2.25. The van der Waals surface area contributed by atoms with Gasteiger partial charge in [-0.2, -0.15) is 5.10 Å². The summed E-state index contributed by atoms with van der Waals surface area (Å²) in [7, 11) is 0. The van der Waals surface area contributed by atoms with Gasteiger partial charge in [0.05, 0.1) is 18.5 Å². The number of phenolic OH excluding ortho intramolecular Hbond substituents is 1. The van der Waals surface area contributed by atoms with Crippen molar-refractivity contribution in [2.24, 2.45) is 0 Å². The zero-order valence-electron chi connectivity index (χ0n) is 17.4. The van der Waals surface area contributed by atoms with Gasteiger partial charge in [0.15, 0.2) is 11.5 Å². The Morgan fingerprint density at radius 1 is 1.24 bits per heavy atom. The number of fused-ring (bicyclic) bond motifs is 1. The summed E-state index contributed by atoms with van der Waals surface area (Å²) in [5.74, 6) is 0.726. The number of nitrogens with one attached hydrogen (secondary N) is 1. The summed E-state index contributed by atoms with van der Waals surface area (Å²) < 4.78 is 7.63. The standard InChI is InChI=1S/C24H29N3O2/c1-4-29-24-13-18(11-12-23(24)28)14-25-20-8-6-10-22-19(20)15-26-27(22)21-9-5-7-16(2)17(21)3/h5,7,9,11-13,15,20,25,28H,4,6,8,10,14H2,1-3H3. The van der Waals surface area contributed by atoms with E-state index in [4.69, 9.17) is 9.84 Å². The molecule has 4 rings (SSSR count). The van der Waals surface area contributed by atoms with Gasteiger partial charge >= 0.3 is 0 Å². The van der Waals surface area contributed by atoms with E-state index in [1.165, 1.54) is 28.1 Å². The molecule has 152 valence electrons. The number of benzene rings is 2. The SMILES string of the molecule is CCOc1cc(CNC2CCCc3c2cnn3-c2cccc(C)c2C)ccc1O. The number of hydrogen-bond acceptors (Lipinski definition) is 4. The van der Waals surface area contributed by atoms with Crippen LogP contribution in [-0.4, -0.2) is 21.5 Å². The Kier molecular flexibility index (Phi) is 5.58. The number of aromatic hydroxyl groups is 1. The Morgan fingerprint density at radius 3 is 2.93 bits per heavy atom. The van der Waals surface area contributed by atoms with E-state index in [2.05, 4.69) is 42.0 Å². The molecule has 0 saturated carbocycles. The Bertz CT molecular complexity index is 1010. The maximum atomic E-state index is 9.91. The van der Waals surface area contributed by atoms with E-state index in [0.717, 1.165) is 31.4 Å². The summed E-state index contributed by atoms with van der Waals surface area (Å²) >= 11 is 0. The number of phenols is 1. The molecule has 5 heteroatoms. The topological polar surface area (TPSA) is 59.3 Å². The van der Waals surface area contributed by atoms with E-state index in [9.17, 15) is 5.11 Å². The third-order valence-corrected chi connectivity index (χ3v) is 5.86. The van der Waals surface area contributed by atoms with Crippen LogP contribution in [0.4, 0.5) is 0 Å². The van der Waals surface area contributed by atoms with E-state index in [1.807, 2.05) is 25.3 Å². The minimum Gasteiger partial charge on any atom is -0.504 e. The van der Waals surface area contributed by atoms with E-state index in [1.54, 1.807) is 6.07 Å². The minimum absolute atomic E-state index is 0.186. The summed E-state index contributed by atoms with van der Waals surface area (Å²) in [5.41, 5.74) is 7.44. The minimum atomic E-state index is 0.186. The van der Waals surface area contributed by atoms with Crippen LogP contribution in [0.2, 0.25) is 0 Å². The molecule has 29 heavy (non-hydrogen) atoms. The van der Waals surface area contributed by atoms with Crippen LogP contribution in [0.5, 0.6) is 11.5 Å². The summed E-state index contributed by atoms with van der Waals surface area (Å²) in [4.78, 5) is 0. The lowest BCUT2D eigenvalue weighted by atomic mass is 9.92. The van der Waals surface area contributed by atoms with Gasteiger partial charge in [0, 0.05) is 23.8 Å². The Labute approximate surface area is 172 Å². The zero-order valence-corrected chi connectivity index (χ0v) is 17.4. The van der Waals surface area contributed by atoms with Crippen molar-refractivity contribution in [3.8, 4) is 17.2 Å². The molecular formula is C24H29N3O2. The fraction of sp³-hybridized carbons (Fsp3) is 0.375. The number of aromatic nitrogens is 2. The van der Waals surface area contributed by atoms with Gasteiger partial charge in [0.1, 0.15) is 0 Å². The summed E-state index contributed by atoms with van der Waals surface area (Å²) in [6.07, 6.45) is 5.31. The molecule has 0 aliphatic heterocycles. The molecule has 5 nitrogen and oxygen atoms in total. The zero-order chi connectivity index (χ0) is 20.4. The summed E-state index contributed by atoms with van der Waals surface area (Å²) in [5, 5.41) is 18.3. The van der Waals surface area contributed by atoms with Crippen LogP contribution in [0.1, 0.15) is 53.8 Å². The molecule has 0 radical (unpaired) electrons. The number of aryl methyl sites for hydroxylation is 1. The molecule has 1 heterocycles. The van der Waals surface area contributed by atoms with Crippen molar-refractivity contribution in [3.05, 3.63) is 70.5 Å². The number of rotatable bonds is 6. The normalized spacial score (nSPS) is 15.9. The lowest BCUT2D eigenvalue weighted by molar-refractivity contribution is 0.317. The van der Waals surface area contributed by atoms with Gasteiger partial charge in [0.2, 0.25) is 0 Å². The smallest absolute Gasteiger partial charge is 0.161 e. The molecule has 0 saturated heterocycles. The Balaban J connectivity index is 1.55. The number of ether oxygens (including phenoxy) is 1. The van der Waals surface area contributed by atoms with Crippen molar-refractivity contribution in [2.45, 2.75) is 52.6 Å². The van der Waals surface area contributed by atoms with Crippen LogP contribution < -0.4 is 10.1 Å². The Hall–Kier alpha value is -2.79. The van der Waals surface area contributed by atoms with Crippen molar-refractivity contribution < 1.29 is 9.84 Å². The largest absolute Gasteiger partial charge is 0.504 e. The molecule has 1 aromatic heterocycles. The van der Waals surface area contributed by atoms with Gasteiger partial charge in [-0.1, -0.05) is 18.2 Å². The van der Waals surface area contributed by atoms with Crippen molar-refractivity contribution >= 4 is 0 Å². The highest BCUT2D eigenvalue weighted by atomic mass is 16.5. The van der Waals surface area contributed by atoms with Crippen LogP contribution in [0.3, 0.4) is 0 Å². The van der Waals surface area contributed by atoms with E-state index in [-0.39, 0.29) is 11.8 Å². The van der Waals surface area contributed by atoms with Crippen molar-refractivity contribution in [1.82, 2.24) is 15.1 Å². The molecule has 2 aromatic carbocycles. The van der Waals surface area contributed by atoms with Gasteiger partial charge in [-0.25, -0.2) is 4.68 Å². The molecule has 1 atom stereocenters. The van der Waals surface area contributed by atoms with Gasteiger partial charge in [-0.3, -0.25) is 0 Å². The first-order valence-electron chi connectivity index (χ1n) is 10.4. The first-order chi connectivity index (χ1) is 14.1. The Morgan fingerprint density at radius 2 is 2.10 bits per heavy atom. The van der Waals surface area contributed by atoms with Crippen molar-refractivity contribution in [2.75, 3.05) is 6.61 Å². The van der Waals surface area contributed by atoms with E-state index < -0.39 is 0 Å². The average molecular weight is 392 g/mol. The number of nitrogens with zero attached hydrogens (tertiary/aromatic N) is 2. The molecule has 1 aliphatic rings.